The summed E-state index contributed by atoms with van der Waals surface area (Å²) in [5, 5.41) is 11.9. The molecule has 0 aliphatic rings. The topological polar surface area (TPSA) is 75.6 Å². The predicted molar refractivity (Wildman–Crippen MR) is 90.6 cm³/mol. The summed E-state index contributed by atoms with van der Waals surface area (Å²) in [5.41, 5.74) is 2.67. The third kappa shape index (κ3) is 5.52. The Morgan fingerprint density at radius 3 is 2.38 bits per heavy atom. The van der Waals surface area contributed by atoms with E-state index in [0.717, 1.165) is 16.7 Å². The van der Waals surface area contributed by atoms with Gasteiger partial charge in [-0.05, 0) is 16.7 Å². The summed E-state index contributed by atoms with van der Waals surface area (Å²) in [6, 6.07) is 15.8. The van der Waals surface area contributed by atoms with E-state index in [4.69, 9.17) is 4.74 Å². The number of nitrogens with one attached hydrogen (secondary N) is 1. The van der Waals surface area contributed by atoms with Crippen LogP contribution in [0.25, 0.3) is 0 Å². The Balaban J connectivity index is 1.98. The van der Waals surface area contributed by atoms with Crippen molar-refractivity contribution in [1.29, 1.82) is 0 Å². The highest BCUT2D eigenvalue weighted by atomic mass is 16.5. The van der Waals surface area contributed by atoms with E-state index in [1.807, 2.05) is 54.6 Å². The lowest BCUT2D eigenvalue weighted by Crippen LogP contribution is -2.43. The molecule has 2 aromatic carbocycles. The van der Waals surface area contributed by atoms with E-state index in [-0.39, 0.29) is 18.7 Å². The second-order valence-corrected chi connectivity index (χ2v) is 5.58. The van der Waals surface area contributed by atoms with Crippen molar-refractivity contribution in [3.63, 3.8) is 0 Å². The minimum atomic E-state index is -1.04. The van der Waals surface area contributed by atoms with Crippen molar-refractivity contribution in [2.24, 2.45) is 0 Å². The standard InChI is InChI=1S/C19H21NO4/c1-24-13-16-9-5-8-15(10-16)12-18(21)20-17(19(22)23)11-14-6-3-2-4-7-14/h2-10,17H,11-13H2,1H3,(H,20,21)(H,22,23)/t17-/m1/s1. The van der Waals surface area contributed by atoms with Crippen LogP contribution in [0.3, 0.4) is 0 Å². The molecule has 0 spiro atoms. The maximum absolute atomic E-state index is 12.2. The Bertz CT molecular complexity index is 685. The molecule has 0 aliphatic carbocycles. The van der Waals surface area contributed by atoms with Crippen molar-refractivity contribution < 1.29 is 19.4 Å². The van der Waals surface area contributed by atoms with Crippen LogP contribution in [0.1, 0.15) is 16.7 Å². The van der Waals surface area contributed by atoms with Gasteiger partial charge in [0.25, 0.3) is 0 Å². The Kier molecular flexibility index (Phi) is 6.51. The molecule has 0 unspecified atom stereocenters. The number of methoxy groups -OCH3 is 1. The van der Waals surface area contributed by atoms with Gasteiger partial charge >= 0.3 is 5.97 Å². The van der Waals surface area contributed by atoms with Crippen molar-refractivity contribution in [3.8, 4) is 0 Å². The molecular weight excluding hydrogens is 306 g/mol. The monoisotopic (exact) mass is 327 g/mol. The molecule has 0 heterocycles. The Morgan fingerprint density at radius 2 is 1.71 bits per heavy atom. The molecule has 2 N–H and O–H groups in total. The molecule has 0 saturated heterocycles. The minimum Gasteiger partial charge on any atom is -0.480 e. The van der Waals surface area contributed by atoms with Gasteiger partial charge in [-0.25, -0.2) is 4.79 Å². The molecule has 2 aromatic rings. The van der Waals surface area contributed by atoms with Crippen LogP contribution >= 0.6 is 0 Å². The van der Waals surface area contributed by atoms with E-state index in [1.54, 1.807) is 7.11 Å². The van der Waals surface area contributed by atoms with Crippen molar-refractivity contribution in [2.45, 2.75) is 25.5 Å². The summed E-state index contributed by atoms with van der Waals surface area (Å²) < 4.78 is 5.07. The van der Waals surface area contributed by atoms with Gasteiger partial charge < -0.3 is 15.2 Å². The molecule has 0 bridgehead atoms. The molecule has 0 fully saturated rings. The molecule has 0 radical (unpaired) electrons. The molecule has 0 aromatic heterocycles. The van der Waals surface area contributed by atoms with E-state index in [9.17, 15) is 14.7 Å². The fourth-order valence-corrected chi connectivity index (χ4v) is 2.48. The summed E-state index contributed by atoms with van der Waals surface area (Å²) >= 11 is 0. The summed E-state index contributed by atoms with van der Waals surface area (Å²) in [6.07, 6.45) is 0.391. The van der Waals surface area contributed by atoms with Crippen LogP contribution in [-0.2, 0) is 33.8 Å². The molecule has 0 aliphatic heterocycles. The zero-order valence-corrected chi connectivity index (χ0v) is 13.6. The molecule has 0 saturated carbocycles. The number of amides is 1. The second-order valence-electron chi connectivity index (χ2n) is 5.58. The van der Waals surface area contributed by atoms with Gasteiger partial charge in [-0.15, -0.1) is 0 Å². The minimum absolute atomic E-state index is 0.135. The average Bonchev–Trinajstić information content (AvgIpc) is 2.55. The van der Waals surface area contributed by atoms with Gasteiger partial charge in [0.2, 0.25) is 5.91 Å². The van der Waals surface area contributed by atoms with E-state index >= 15 is 0 Å². The summed E-state index contributed by atoms with van der Waals surface area (Å²) in [5.74, 6) is -1.35. The first kappa shape index (κ1) is 17.7. The first-order chi connectivity index (χ1) is 11.6. The summed E-state index contributed by atoms with van der Waals surface area (Å²) in [7, 11) is 1.61. The molecule has 5 heteroatoms. The normalized spacial score (nSPS) is 11.7. The second kappa shape index (κ2) is 8.84. The number of benzene rings is 2. The van der Waals surface area contributed by atoms with Crippen LogP contribution in [0.4, 0.5) is 0 Å². The average molecular weight is 327 g/mol. The number of carboxylic acid groups (broad SMARTS) is 1. The molecular formula is C19H21NO4. The van der Waals surface area contributed by atoms with Gasteiger partial charge in [-0.2, -0.15) is 0 Å². The number of carbonyl (C=O) groups excluding carboxylic acids is 1. The fraction of sp³-hybridized carbons (Fsp3) is 0.263. The van der Waals surface area contributed by atoms with Crippen LogP contribution in [0.15, 0.2) is 54.6 Å². The zero-order chi connectivity index (χ0) is 17.4. The number of hydrogen-bond acceptors (Lipinski definition) is 3. The maximum Gasteiger partial charge on any atom is 0.326 e. The molecule has 2 rings (SSSR count). The van der Waals surface area contributed by atoms with Crippen molar-refractivity contribution >= 4 is 11.9 Å². The number of carboxylic acids is 1. The predicted octanol–water partition coefficient (Wildman–Crippen LogP) is 2.19. The van der Waals surface area contributed by atoms with E-state index in [1.165, 1.54) is 0 Å². The Hall–Kier alpha value is -2.66. The lowest BCUT2D eigenvalue weighted by Gasteiger charge is -2.15. The highest BCUT2D eigenvalue weighted by molar-refractivity contribution is 5.85. The highest BCUT2D eigenvalue weighted by Gasteiger charge is 2.20. The fourth-order valence-electron chi connectivity index (χ4n) is 2.48. The smallest absolute Gasteiger partial charge is 0.326 e. The molecule has 126 valence electrons. The van der Waals surface area contributed by atoms with Crippen LogP contribution in [0, 0.1) is 0 Å². The number of aliphatic carboxylic acids is 1. The SMILES string of the molecule is COCc1cccc(CC(=O)N[C@H](Cc2ccccc2)C(=O)O)c1. The lowest BCUT2D eigenvalue weighted by molar-refractivity contribution is -0.141. The van der Waals surface area contributed by atoms with Gasteiger partial charge in [0.15, 0.2) is 0 Å². The zero-order valence-electron chi connectivity index (χ0n) is 13.6. The Labute approximate surface area is 141 Å². The number of carbonyl (C=O) groups is 2. The third-order valence-electron chi connectivity index (χ3n) is 3.58. The van der Waals surface area contributed by atoms with Crippen molar-refractivity contribution in [1.82, 2.24) is 5.32 Å². The summed E-state index contributed by atoms with van der Waals surface area (Å²) in [6.45, 7) is 0.473. The highest BCUT2D eigenvalue weighted by Crippen LogP contribution is 2.08. The molecule has 1 atom stereocenters. The van der Waals surface area contributed by atoms with Crippen LogP contribution in [-0.4, -0.2) is 30.1 Å². The maximum atomic E-state index is 12.2. The van der Waals surface area contributed by atoms with E-state index < -0.39 is 12.0 Å². The number of ether oxygens (including phenoxy) is 1. The van der Waals surface area contributed by atoms with E-state index in [2.05, 4.69) is 5.32 Å². The van der Waals surface area contributed by atoms with Crippen molar-refractivity contribution in [3.05, 3.63) is 71.3 Å². The lowest BCUT2D eigenvalue weighted by atomic mass is 10.0. The van der Waals surface area contributed by atoms with Crippen LogP contribution in [0.2, 0.25) is 0 Å². The van der Waals surface area contributed by atoms with Crippen LogP contribution in [0.5, 0.6) is 0 Å². The number of rotatable bonds is 8. The molecule has 1 amide bonds. The van der Waals surface area contributed by atoms with Gasteiger partial charge in [-0.3, -0.25) is 4.79 Å². The third-order valence-corrected chi connectivity index (χ3v) is 3.58. The van der Waals surface area contributed by atoms with Crippen molar-refractivity contribution in [2.75, 3.05) is 7.11 Å². The van der Waals surface area contributed by atoms with Gasteiger partial charge in [0.05, 0.1) is 13.0 Å². The number of hydrogen-bond donors (Lipinski definition) is 2. The van der Waals surface area contributed by atoms with E-state index in [0.29, 0.717) is 6.61 Å². The van der Waals surface area contributed by atoms with Gasteiger partial charge in [-0.1, -0.05) is 54.6 Å². The first-order valence-corrected chi connectivity index (χ1v) is 7.71. The summed E-state index contributed by atoms with van der Waals surface area (Å²) in [4.78, 5) is 23.6. The Morgan fingerprint density at radius 1 is 1.04 bits per heavy atom. The van der Waals surface area contributed by atoms with Gasteiger partial charge in [0.1, 0.15) is 6.04 Å². The van der Waals surface area contributed by atoms with Crippen LogP contribution < -0.4 is 5.32 Å². The largest absolute Gasteiger partial charge is 0.480 e. The molecule has 5 nitrogen and oxygen atoms in total. The van der Waals surface area contributed by atoms with Gasteiger partial charge in [0, 0.05) is 13.5 Å². The molecule has 24 heavy (non-hydrogen) atoms. The quantitative estimate of drug-likeness (QED) is 0.779. The first-order valence-electron chi connectivity index (χ1n) is 7.71.